The molecule has 6 nitrogen and oxygen atoms in total. The maximum atomic E-state index is 12.1. The summed E-state index contributed by atoms with van der Waals surface area (Å²) < 4.78 is 11.6. The van der Waals surface area contributed by atoms with Gasteiger partial charge >= 0.3 is 0 Å². The first-order valence-corrected chi connectivity index (χ1v) is 9.33. The standard InChI is InChI=1S/C19H20BrClN2O4/c1-11-6-12(2)8-15(7-11)26-10-18(24)22-23-19(25)13(3)27-17-5-4-14(21)9-16(17)20/h4-9,13H,10H2,1-3H3,(H,22,24)(H,23,25). The van der Waals surface area contributed by atoms with E-state index in [1.165, 1.54) is 0 Å². The van der Waals surface area contributed by atoms with Crippen LogP contribution in [0.5, 0.6) is 11.5 Å². The maximum absolute atomic E-state index is 12.1. The van der Waals surface area contributed by atoms with Crippen molar-refractivity contribution in [2.24, 2.45) is 0 Å². The van der Waals surface area contributed by atoms with Crippen LogP contribution in [0, 0.1) is 13.8 Å². The van der Waals surface area contributed by atoms with Crippen LogP contribution < -0.4 is 20.3 Å². The van der Waals surface area contributed by atoms with Crippen LogP contribution in [0.25, 0.3) is 0 Å². The zero-order valence-electron chi connectivity index (χ0n) is 15.1. The molecule has 0 saturated carbocycles. The largest absolute Gasteiger partial charge is 0.484 e. The van der Waals surface area contributed by atoms with E-state index >= 15 is 0 Å². The van der Waals surface area contributed by atoms with Crippen LogP contribution in [0.1, 0.15) is 18.1 Å². The Bertz CT molecular complexity index is 824. The second-order valence-corrected chi connectivity index (χ2v) is 7.28. The molecule has 2 rings (SSSR count). The average Bonchev–Trinajstić information content (AvgIpc) is 2.59. The van der Waals surface area contributed by atoms with Gasteiger partial charge < -0.3 is 9.47 Å². The van der Waals surface area contributed by atoms with Crippen LogP contribution in [0.15, 0.2) is 40.9 Å². The van der Waals surface area contributed by atoms with Gasteiger partial charge in [0, 0.05) is 5.02 Å². The molecule has 0 fully saturated rings. The zero-order valence-corrected chi connectivity index (χ0v) is 17.5. The van der Waals surface area contributed by atoms with Gasteiger partial charge in [-0.25, -0.2) is 0 Å². The monoisotopic (exact) mass is 454 g/mol. The molecule has 0 aliphatic carbocycles. The fraction of sp³-hybridized carbons (Fsp3) is 0.263. The smallest absolute Gasteiger partial charge is 0.279 e. The molecule has 2 aromatic rings. The van der Waals surface area contributed by atoms with E-state index in [2.05, 4.69) is 26.8 Å². The van der Waals surface area contributed by atoms with Crippen LogP contribution in [0.2, 0.25) is 5.02 Å². The first-order valence-electron chi connectivity index (χ1n) is 8.16. The Balaban J connectivity index is 1.79. The zero-order chi connectivity index (χ0) is 20.0. The number of benzene rings is 2. The highest BCUT2D eigenvalue weighted by molar-refractivity contribution is 9.10. The molecule has 2 amide bonds. The molecule has 27 heavy (non-hydrogen) atoms. The van der Waals surface area contributed by atoms with E-state index < -0.39 is 17.9 Å². The summed E-state index contributed by atoms with van der Waals surface area (Å²) in [6.07, 6.45) is -0.830. The van der Waals surface area contributed by atoms with Crippen molar-refractivity contribution in [3.05, 3.63) is 57.0 Å². The normalized spacial score (nSPS) is 11.4. The van der Waals surface area contributed by atoms with Crippen molar-refractivity contribution in [1.29, 1.82) is 0 Å². The molecule has 144 valence electrons. The number of amides is 2. The Kier molecular flexibility index (Phi) is 7.50. The minimum absolute atomic E-state index is 0.221. The minimum Gasteiger partial charge on any atom is -0.484 e. The first-order chi connectivity index (χ1) is 12.7. The fourth-order valence-electron chi connectivity index (χ4n) is 2.25. The number of carbonyl (C=O) groups is 2. The van der Waals surface area contributed by atoms with Gasteiger partial charge in [0.1, 0.15) is 11.5 Å². The molecule has 0 bridgehead atoms. The van der Waals surface area contributed by atoms with E-state index in [1.54, 1.807) is 25.1 Å². The minimum atomic E-state index is -0.830. The fourth-order valence-corrected chi connectivity index (χ4v) is 3.03. The highest BCUT2D eigenvalue weighted by atomic mass is 79.9. The van der Waals surface area contributed by atoms with E-state index in [4.69, 9.17) is 21.1 Å². The lowest BCUT2D eigenvalue weighted by molar-refractivity contribution is -0.133. The van der Waals surface area contributed by atoms with Crippen molar-refractivity contribution in [2.45, 2.75) is 26.9 Å². The van der Waals surface area contributed by atoms with Crippen molar-refractivity contribution < 1.29 is 19.1 Å². The van der Waals surface area contributed by atoms with Gasteiger partial charge in [0.25, 0.3) is 11.8 Å². The molecule has 0 radical (unpaired) electrons. The number of hydrogen-bond acceptors (Lipinski definition) is 4. The number of halogens is 2. The molecule has 0 aliphatic heterocycles. The summed E-state index contributed by atoms with van der Waals surface area (Å²) in [7, 11) is 0. The van der Waals surface area contributed by atoms with Crippen LogP contribution in [0.4, 0.5) is 0 Å². The number of carbonyl (C=O) groups excluding carboxylic acids is 2. The number of ether oxygens (including phenoxy) is 2. The molecule has 0 aromatic heterocycles. The van der Waals surface area contributed by atoms with E-state index in [-0.39, 0.29) is 6.61 Å². The number of hydrogen-bond donors (Lipinski definition) is 2. The van der Waals surface area contributed by atoms with Crippen LogP contribution >= 0.6 is 27.5 Å². The molecule has 2 N–H and O–H groups in total. The third kappa shape index (κ3) is 6.77. The van der Waals surface area contributed by atoms with Crippen LogP contribution in [-0.2, 0) is 9.59 Å². The third-order valence-electron chi connectivity index (χ3n) is 3.46. The molecule has 0 heterocycles. The number of nitrogens with one attached hydrogen (secondary N) is 2. The SMILES string of the molecule is Cc1cc(C)cc(OCC(=O)NNC(=O)C(C)Oc2ccc(Cl)cc2Br)c1. The number of rotatable bonds is 6. The Morgan fingerprint density at radius 1 is 1.11 bits per heavy atom. The summed E-state index contributed by atoms with van der Waals surface area (Å²) in [6.45, 7) is 5.23. The lowest BCUT2D eigenvalue weighted by Crippen LogP contribution is -2.48. The van der Waals surface area contributed by atoms with Gasteiger partial charge in [-0.3, -0.25) is 20.4 Å². The number of hydrazine groups is 1. The number of aryl methyl sites for hydroxylation is 2. The average molecular weight is 456 g/mol. The summed E-state index contributed by atoms with van der Waals surface area (Å²) in [5.41, 5.74) is 6.68. The van der Waals surface area contributed by atoms with Crippen LogP contribution in [-0.4, -0.2) is 24.5 Å². The Morgan fingerprint density at radius 2 is 1.78 bits per heavy atom. The molecular formula is C19H20BrClN2O4. The van der Waals surface area contributed by atoms with Gasteiger partial charge in [0.15, 0.2) is 12.7 Å². The second-order valence-electron chi connectivity index (χ2n) is 5.98. The predicted octanol–water partition coefficient (Wildman–Crippen LogP) is 3.71. The third-order valence-corrected chi connectivity index (χ3v) is 4.31. The predicted molar refractivity (Wildman–Crippen MR) is 107 cm³/mol. The van der Waals surface area contributed by atoms with Gasteiger partial charge in [0.05, 0.1) is 4.47 Å². The highest BCUT2D eigenvalue weighted by Gasteiger charge is 2.17. The summed E-state index contributed by atoms with van der Waals surface area (Å²) in [6, 6.07) is 10.6. The molecule has 0 aliphatic rings. The van der Waals surface area contributed by atoms with Crippen molar-refractivity contribution in [2.75, 3.05) is 6.61 Å². The van der Waals surface area contributed by atoms with Crippen molar-refractivity contribution >= 4 is 39.3 Å². The molecule has 1 atom stereocenters. The summed E-state index contributed by atoms with van der Waals surface area (Å²) in [5, 5.41) is 0.544. The molecule has 0 spiro atoms. The lowest BCUT2D eigenvalue weighted by atomic mass is 10.1. The quantitative estimate of drug-likeness (QED) is 0.651. The van der Waals surface area contributed by atoms with Gasteiger partial charge in [-0.15, -0.1) is 0 Å². The van der Waals surface area contributed by atoms with Gasteiger partial charge in [-0.1, -0.05) is 17.7 Å². The van der Waals surface area contributed by atoms with Crippen molar-refractivity contribution in [3.8, 4) is 11.5 Å². The summed E-state index contributed by atoms with van der Waals surface area (Å²) in [5.74, 6) is 0.0729. The molecule has 1 unspecified atom stereocenters. The summed E-state index contributed by atoms with van der Waals surface area (Å²) in [4.78, 5) is 23.9. The molecule has 8 heteroatoms. The molecule has 0 saturated heterocycles. The van der Waals surface area contributed by atoms with Gasteiger partial charge in [-0.2, -0.15) is 0 Å². The van der Waals surface area contributed by atoms with E-state index in [1.807, 2.05) is 32.0 Å². The Morgan fingerprint density at radius 3 is 2.41 bits per heavy atom. The maximum Gasteiger partial charge on any atom is 0.279 e. The topological polar surface area (TPSA) is 76.7 Å². The highest BCUT2D eigenvalue weighted by Crippen LogP contribution is 2.28. The molecule has 2 aromatic carbocycles. The molecular weight excluding hydrogens is 436 g/mol. The van der Waals surface area contributed by atoms with Crippen molar-refractivity contribution in [3.63, 3.8) is 0 Å². The Hall–Kier alpha value is -2.25. The first kappa shape index (κ1) is 21.1. The van der Waals surface area contributed by atoms with Gasteiger partial charge in [-0.05, 0) is 78.2 Å². The van der Waals surface area contributed by atoms with Crippen molar-refractivity contribution in [1.82, 2.24) is 10.9 Å². The lowest BCUT2D eigenvalue weighted by Gasteiger charge is -2.16. The van der Waals surface area contributed by atoms with Gasteiger partial charge in [0.2, 0.25) is 0 Å². The van der Waals surface area contributed by atoms with Crippen LogP contribution in [0.3, 0.4) is 0 Å². The van der Waals surface area contributed by atoms with E-state index in [9.17, 15) is 9.59 Å². The Labute approximate surface area is 171 Å². The second kappa shape index (κ2) is 9.62. The summed E-state index contributed by atoms with van der Waals surface area (Å²) >= 11 is 9.18. The van der Waals surface area contributed by atoms with E-state index in [0.717, 1.165) is 11.1 Å². The van der Waals surface area contributed by atoms with E-state index in [0.29, 0.717) is 21.0 Å².